The molecule has 2 saturated heterocycles. The highest BCUT2D eigenvalue weighted by Crippen LogP contribution is 2.36. The molecule has 2 atom stereocenters. The zero-order chi connectivity index (χ0) is 16.0. The highest BCUT2D eigenvalue weighted by atomic mass is 16.2. The van der Waals surface area contributed by atoms with Crippen LogP contribution in [0.25, 0.3) is 0 Å². The van der Waals surface area contributed by atoms with Crippen molar-refractivity contribution >= 4 is 17.5 Å². The quantitative estimate of drug-likeness (QED) is 0.872. The van der Waals surface area contributed by atoms with Gasteiger partial charge in [0.1, 0.15) is 12.0 Å². The molecule has 23 heavy (non-hydrogen) atoms. The number of fused-ring (bicyclic) bond motifs is 1. The predicted octanol–water partition coefficient (Wildman–Crippen LogP) is 0.528. The molecule has 2 aromatic rings. The van der Waals surface area contributed by atoms with E-state index in [0.717, 1.165) is 12.1 Å². The monoisotopic (exact) mass is 312 g/mol. The second kappa shape index (κ2) is 5.15. The first-order valence-electron chi connectivity index (χ1n) is 7.55. The summed E-state index contributed by atoms with van der Waals surface area (Å²) in [6, 6.07) is 1.60. The molecule has 2 aromatic heterocycles. The fourth-order valence-corrected chi connectivity index (χ4v) is 3.52. The van der Waals surface area contributed by atoms with Gasteiger partial charge in [-0.3, -0.25) is 14.7 Å². The van der Waals surface area contributed by atoms with Gasteiger partial charge < -0.3 is 9.80 Å². The number of nitrogens with one attached hydrogen (secondary N) is 1. The van der Waals surface area contributed by atoms with E-state index in [1.807, 2.05) is 6.92 Å². The summed E-state index contributed by atoms with van der Waals surface area (Å²) in [6.07, 6.45) is 5.78. The number of aryl methyl sites for hydroxylation is 1. The number of nitrogens with zero attached hydrogens (tertiary/aromatic N) is 5. The second-order valence-electron chi connectivity index (χ2n) is 5.92. The van der Waals surface area contributed by atoms with Crippen molar-refractivity contribution in [3.63, 3.8) is 0 Å². The Bertz CT molecular complexity index is 758. The minimum atomic E-state index is -0.124. The summed E-state index contributed by atoms with van der Waals surface area (Å²) in [7, 11) is 0. The number of hydrogen-bond donors (Lipinski definition) is 1. The molecule has 2 fully saturated rings. The van der Waals surface area contributed by atoms with Crippen molar-refractivity contribution in [2.75, 3.05) is 11.4 Å². The number of hydrogen-bond acceptors (Lipinski definition) is 5. The summed E-state index contributed by atoms with van der Waals surface area (Å²) in [5.41, 5.74) is 1.93. The number of aromatic amines is 1. The molecule has 0 aliphatic carbocycles. The van der Waals surface area contributed by atoms with E-state index < -0.39 is 0 Å². The van der Waals surface area contributed by atoms with Gasteiger partial charge in [0, 0.05) is 18.7 Å². The van der Waals surface area contributed by atoms with Crippen LogP contribution in [0.15, 0.2) is 24.8 Å². The van der Waals surface area contributed by atoms with Gasteiger partial charge in [0.25, 0.3) is 5.91 Å². The molecule has 2 amide bonds. The standard InChI is InChI=1S/C15H16N6O2/c1-9-4-11(19-18-9)15(23)20-3-2-12-13(20)5-14(22)21(12)10-6-16-8-17-7-10/h4,6-8,12-13H,2-3,5H2,1H3,(H,18,19)/t12-,13+/m0/s1. The molecular formula is C15H16N6O2. The Morgan fingerprint density at radius 3 is 2.78 bits per heavy atom. The third kappa shape index (κ3) is 2.18. The molecule has 0 unspecified atom stereocenters. The van der Waals surface area contributed by atoms with E-state index >= 15 is 0 Å². The van der Waals surface area contributed by atoms with E-state index in [0.29, 0.717) is 24.3 Å². The molecule has 4 rings (SSSR count). The molecule has 1 N–H and O–H groups in total. The van der Waals surface area contributed by atoms with Crippen LogP contribution in [0.4, 0.5) is 5.69 Å². The number of anilines is 1. The smallest absolute Gasteiger partial charge is 0.274 e. The van der Waals surface area contributed by atoms with E-state index in [4.69, 9.17) is 0 Å². The molecule has 2 aliphatic heterocycles. The lowest BCUT2D eigenvalue weighted by atomic mass is 10.1. The Hall–Kier alpha value is -2.77. The third-order valence-electron chi connectivity index (χ3n) is 4.51. The highest BCUT2D eigenvalue weighted by Gasteiger charge is 2.49. The fourth-order valence-electron chi connectivity index (χ4n) is 3.52. The number of aromatic nitrogens is 4. The third-order valence-corrected chi connectivity index (χ3v) is 4.51. The molecule has 0 spiro atoms. The number of amides is 2. The summed E-state index contributed by atoms with van der Waals surface area (Å²) < 4.78 is 0. The van der Waals surface area contributed by atoms with Crippen LogP contribution in [-0.2, 0) is 4.79 Å². The van der Waals surface area contributed by atoms with Gasteiger partial charge in [-0.25, -0.2) is 9.97 Å². The first-order chi connectivity index (χ1) is 11.1. The van der Waals surface area contributed by atoms with Crippen LogP contribution >= 0.6 is 0 Å². The average molecular weight is 312 g/mol. The molecule has 0 aromatic carbocycles. The van der Waals surface area contributed by atoms with Gasteiger partial charge in [-0.15, -0.1) is 0 Å². The lowest BCUT2D eigenvalue weighted by molar-refractivity contribution is -0.117. The number of carbonyl (C=O) groups is 2. The van der Waals surface area contributed by atoms with Gasteiger partial charge in [-0.05, 0) is 19.4 Å². The van der Waals surface area contributed by atoms with Crippen molar-refractivity contribution in [3.8, 4) is 0 Å². The van der Waals surface area contributed by atoms with Crippen LogP contribution in [0.2, 0.25) is 0 Å². The van der Waals surface area contributed by atoms with Crippen molar-refractivity contribution in [1.82, 2.24) is 25.1 Å². The minimum Gasteiger partial charge on any atom is -0.332 e. The van der Waals surface area contributed by atoms with E-state index in [9.17, 15) is 9.59 Å². The van der Waals surface area contributed by atoms with Crippen LogP contribution < -0.4 is 4.90 Å². The number of likely N-dealkylation sites (tertiary alicyclic amines) is 1. The predicted molar refractivity (Wildman–Crippen MR) is 80.7 cm³/mol. The zero-order valence-electron chi connectivity index (χ0n) is 12.6. The van der Waals surface area contributed by atoms with Crippen molar-refractivity contribution in [1.29, 1.82) is 0 Å². The maximum Gasteiger partial charge on any atom is 0.274 e. The Morgan fingerprint density at radius 2 is 2.09 bits per heavy atom. The van der Waals surface area contributed by atoms with Crippen LogP contribution in [0, 0.1) is 6.92 Å². The zero-order valence-corrected chi connectivity index (χ0v) is 12.6. The first kappa shape index (κ1) is 13.9. The maximum atomic E-state index is 12.6. The van der Waals surface area contributed by atoms with Crippen molar-refractivity contribution < 1.29 is 9.59 Å². The molecule has 0 saturated carbocycles. The van der Waals surface area contributed by atoms with Gasteiger partial charge in [-0.2, -0.15) is 5.10 Å². The summed E-state index contributed by atoms with van der Waals surface area (Å²) in [6.45, 7) is 2.48. The highest BCUT2D eigenvalue weighted by molar-refractivity contribution is 5.99. The van der Waals surface area contributed by atoms with E-state index in [2.05, 4.69) is 20.2 Å². The van der Waals surface area contributed by atoms with Gasteiger partial charge in [0.15, 0.2) is 0 Å². The normalized spacial score (nSPS) is 23.4. The minimum absolute atomic E-state index is 0.00510. The van der Waals surface area contributed by atoms with Gasteiger partial charge >= 0.3 is 0 Å². The fraction of sp³-hybridized carbons (Fsp3) is 0.400. The Morgan fingerprint density at radius 1 is 1.30 bits per heavy atom. The Balaban J connectivity index is 1.60. The van der Waals surface area contributed by atoms with Crippen LogP contribution in [-0.4, -0.2) is 55.5 Å². The summed E-state index contributed by atoms with van der Waals surface area (Å²) in [5.74, 6) is -0.119. The summed E-state index contributed by atoms with van der Waals surface area (Å²) >= 11 is 0. The first-order valence-corrected chi connectivity index (χ1v) is 7.55. The van der Waals surface area contributed by atoms with Crippen molar-refractivity contribution in [2.45, 2.75) is 31.8 Å². The van der Waals surface area contributed by atoms with Crippen LogP contribution in [0.1, 0.15) is 29.0 Å². The number of rotatable bonds is 2. The molecular weight excluding hydrogens is 296 g/mol. The number of H-pyrrole nitrogens is 1. The lowest BCUT2D eigenvalue weighted by Crippen LogP contribution is -2.40. The van der Waals surface area contributed by atoms with E-state index in [-0.39, 0.29) is 23.9 Å². The molecule has 0 bridgehead atoms. The Kier molecular flexibility index (Phi) is 3.10. The lowest BCUT2D eigenvalue weighted by Gasteiger charge is -2.24. The SMILES string of the molecule is Cc1cc(C(=O)N2CC[C@H]3[C@H]2CC(=O)N3c2cncnc2)n[nH]1. The average Bonchev–Trinajstić information content (AvgIpc) is 3.22. The van der Waals surface area contributed by atoms with Gasteiger partial charge in [0.05, 0.1) is 30.2 Å². The van der Waals surface area contributed by atoms with Gasteiger partial charge in [0.2, 0.25) is 5.91 Å². The second-order valence-corrected chi connectivity index (χ2v) is 5.92. The van der Waals surface area contributed by atoms with Crippen molar-refractivity contribution in [2.24, 2.45) is 0 Å². The summed E-state index contributed by atoms with van der Waals surface area (Å²) in [5, 5.41) is 6.82. The molecule has 8 nitrogen and oxygen atoms in total. The largest absolute Gasteiger partial charge is 0.332 e. The summed E-state index contributed by atoms with van der Waals surface area (Å²) in [4.78, 5) is 36.5. The van der Waals surface area contributed by atoms with E-state index in [1.54, 1.807) is 28.3 Å². The number of carbonyl (C=O) groups excluding carboxylic acids is 2. The molecule has 8 heteroatoms. The molecule has 2 aliphatic rings. The molecule has 0 radical (unpaired) electrons. The topological polar surface area (TPSA) is 95.1 Å². The maximum absolute atomic E-state index is 12.6. The van der Waals surface area contributed by atoms with E-state index in [1.165, 1.54) is 6.33 Å². The van der Waals surface area contributed by atoms with Crippen LogP contribution in [0.5, 0.6) is 0 Å². The van der Waals surface area contributed by atoms with Crippen LogP contribution in [0.3, 0.4) is 0 Å². The molecule has 4 heterocycles. The Labute approximate surface area is 132 Å². The van der Waals surface area contributed by atoms with Crippen molar-refractivity contribution in [3.05, 3.63) is 36.2 Å². The van der Waals surface area contributed by atoms with Gasteiger partial charge in [-0.1, -0.05) is 0 Å². The molecule has 118 valence electrons.